The molecule has 0 aromatic heterocycles. The van der Waals surface area contributed by atoms with Crippen molar-refractivity contribution in [1.82, 2.24) is 5.32 Å². The van der Waals surface area contributed by atoms with E-state index in [0.717, 1.165) is 12.8 Å². The summed E-state index contributed by atoms with van der Waals surface area (Å²) < 4.78 is 5.17. The number of ether oxygens (including phenoxy) is 1. The Morgan fingerprint density at radius 2 is 1.65 bits per heavy atom. The zero-order valence-electron chi connectivity index (χ0n) is 18.7. The molecule has 7 nitrogen and oxygen atoms in total. The molecular weight excluding hydrogens is 450 g/mol. The summed E-state index contributed by atoms with van der Waals surface area (Å²) in [4.78, 5) is 38.1. The summed E-state index contributed by atoms with van der Waals surface area (Å²) in [7, 11) is 1.57. The first kappa shape index (κ1) is 23.4. The van der Waals surface area contributed by atoms with Crippen LogP contribution in [0, 0.1) is 0 Å². The van der Waals surface area contributed by atoms with Crippen LogP contribution >= 0.6 is 11.8 Å². The molecule has 1 fully saturated rings. The van der Waals surface area contributed by atoms with E-state index in [1.54, 1.807) is 67.8 Å². The number of benzene rings is 3. The van der Waals surface area contributed by atoms with Crippen LogP contribution in [0.3, 0.4) is 0 Å². The summed E-state index contributed by atoms with van der Waals surface area (Å²) in [6.45, 7) is 0. The Balaban J connectivity index is 1.35. The van der Waals surface area contributed by atoms with Gasteiger partial charge in [0.25, 0.3) is 11.8 Å². The van der Waals surface area contributed by atoms with Crippen molar-refractivity contribution in [3.05, 3.63) is 83.9 Å². The van der Waals surface area contributed by atoms with Gasteiger partial charge in [0.15, 0.2) is 0 Å². The highest BCUT2D eigenvalue weighted by atomic mass is 32.2. The maximum absolute atomic E-state index is 12.9. The number of carbonyl (C=O) groups excluding carboxylic acids is 3. The van der Waals surface area contributed by atoms with Crippen molar-refractivity contribution in [2.75, 3.05) is 23.5 Å². The van der Waals surface area contributed by atoms with E-state index in [1.165, 1.54) is 11.8 Å². The van der Waals surface area contributed by atoms with Crippen molar-refractivity contribution in [2.24, 2.45) is 0 Å². The molecule has 0 atom stereocenters. The predicted molar refractivity (Wildman–Crippen MR) is 134 cm³/mol. The molecule has 1 saturated carbocycles. The van der Waals surface area contributed by atoms with Gasteiger partial charge in [-0.25, -0.2) is 0 Å². The van der Waals surface area contributed by atoms with E-state index >= 15 is 0 Å². The maximum Gasteiger partial charge on any atom is 0.256 e. The number of amides is 3. The number of hydrogen-bond acceptors (Lipinski definition) is 5. The van der Waals surface area contributed by atoms with Gasteiger partial charge in [0.1, 0.15) is 5.75 Å². The normalized spacial score (nSPS) is 12.5. The molecule has 0 radical (unpaired) electrons. The van der Waals surface area contributed by atoms with Crippen molar-refractivity contribution < 1.29 is 19.1 Å². The number of hydrogen-bond donors (Lipinski definition) is 3. The third-order valence-electron chi connectivity index (χ3n) is 5.16. The lowest BCUT2D eigenvalue weighted by Gasteiger charge is -2.11. The fraction of sp³-hybridized carbons (Fsp3) is 0.192. The van der Waals surface area contributed by atoms with Gasteiger partial charge in [-0.05, 0) is 61.4 Å². The molecule has 0 saturated heterocycles. The second kappa shape index (κ2) is 10.9. The zero-order valence-corrected chi connectivity index (χ0v) is 19.5. The highest BCUT2D eigenvalue weighted by molar-refractivity contribution is 8.00. The lowest BCUT2D eigenvalue weighted by molar-refractivity contribution is -0.113. The Labute approximate surface area is 202 Å². The van der Waals surface area contributed by atoms with Crippen LogP contribution in [0.2, 0.25) is 0 Å². The van der Waals surface area contributed by atoms with Gasteiger partial charge in [-0.15, -0.1) is 11.8 Å². The van der Waals surface area contributed by atoms with E-state index in [1.807, 2.05) is 12.1 Å². The van der Waals surface area contributed by atoms with Gasteiger partial charge in [-0.1, -0.05) is 18.2 Å². The third-order valence-corrected chi connectivity index (χ3v) is 6.23. The Morgan fingerprint density at radius 1 is 0.882 bits per heavy atom. The van der Waals surface area contributed by atoms with Crippen LogP contribution in [0.4, 0.5) is 11.4 Å². The lowest BCUT2D eigenvalue weighted by atomic mass is 10.1. The Bertz CT molecular complexity index is 1190. The molecule has 174 valence electrons. The number of thioether (sulfide) groups is 1. The third kappa shape index (κ3) is 6.39. The Kier molecular flexibility index (Phi) is 7.49. The molecule has 34 heavy (non-hydrogen) atoms. The summed E-state index contributed by atoms with van der Waals surface area (Å²) in [5.41, 5.74) is 2.26. The second-order valence-corrected chi connectivity index (χ2v) is 8.86. The van der Waals surface area contributed by atoms with Crippen LogP contribution in [0.5, 0.6) is 5.75 Å². The molecule has 3 amide bonds. The van der Waals surface area contributed by atoms with E-state index in [0.29, 0.717) is 39.2 Å². The highest BCUT2D eigenvalue weighted by Crippen LogP contribution is 2.25. The first-order valence-electron chi connectivity index (χ1n) is 10.9. The van der Waals surface area contributed by atoms with Crippen molar-refractivity contribution in [3.63, 3.8) is 0 Å². The van der Waals surface area contributed by atoms with Crippen LogP contribution in [0.15, 0.2) is 77.7 Å². The molecule has 0 spiro atoms. The standard InChI is InChI=1S/C26H25N3O4S/c1-33-21-6-4-5-20(15-21)27-24(30)16-34-23-8-3-2-7-22(23)26(32)29-18-11-9-17(10-12-18)25(31)28-19-13-14-19/h2-12,15,19H,13-14,16H2,1H3,(H,27,30)(H,28,31)(H,29,32). The van der Waals surface area contributed by atoms with Gasteiger partial charge >= 0.3 is 0 Å². The number of carbonyl (C=O) groups is 3. The molecule has 0 aliphatic heterocycles. The van der Waals surface area contributed by atoms with E-state index in [4.69, 9.17) is 4.74 Å². The van der Waals surface area contributed by atoms with Gasteiger partial charge in [0, 0.05) is 33.9 Å². The smallest absolute Gasteiger partial charge is 0.256 e. The molecule has 8 heteroatoms. The molecule has 0 heterocycles. The fourth-order valence-electron chi connectivity index (χ4n) is 3.22. The van der Waals surface area contributed by atoms with Crippen LogP contribution in [0.25, 0.3) is 0 Å². The van der Waals surface area contributed by atoms with E-state index in [9.17, 15) is 14.4 Å². The van der Waals surface area contributed by atoms with Crippen molar-refractivity contribution in [2.45, 2.75) is 23.8 Å². The van der Waals surface area contributed by atoms with Crippen molar-refractivity contribution >= 4 is 40.9 Å². The first-order valence-corrected chi connectivity index (χ1v) is 11.9. The summed E-state index contributed by atoms with van der Waals surface area (Å²) in [5, 5.41) is 8.63. The van der Waals surface area contributed by atoms with Crippen molar-refractivity contribution in [1.29, 1.82) is 0 Å². The summed E-state index contributed by atoms with van der Waals surface area (Å²) in [5.74, 6) is 0.227. The van der Waals surface area contributed by atoms with Crippen LogP contribution in [-0.4, -0.2) is 36.6 Å². The van der Waals surface area contributed by atoms with Crippen LogP contribution in [-0.2, 0) is 4.79 Å². The maximum atomic E-state index is 12.9. The van der Waals surface area contributed by atoms with E-state index in [2.05, 4.69) is 16.0 Å². The molecular formula is C26H25N3O4S. The molecule has 0 unspecified atom stereocenters. The zero-order chi connectivity index (χ0) is 23.9. The lowest BCUT2D eigenvalue weighted by Crippen LogP contribution is -2.25. The molecule has 3 N–H and O–H groups in total. The van der Waals surface area contributed by atoms with Gasteiger partial charge in [0.2, 0.25) is 5.91 Å². The minimum Gasteiger partial charge on any atom is -0.497 e. The molecule has 1 aliphatic carbocycles. The fourth-order valence-corrected chi connectivity index (χ4v) is 4.07. The number of methoxy groups -OCH3 is 1. The van der Waals surface area contributed by atoms with Crippen LogP contribution < -0.4 is 20.7 Å². The summed E-state index contributed by atoms with van der Waals surface area (Å²) in [6, 6.07) is 21.3. The molecule has 3 aromatic rings. The highest BCUT2D eigenvalue weighted by Gasteiger charge is 2.23. The number of nitrogens with one attached hydrogen (secondary N) is 3. The molecule has 0 bridgehead atoms. The predicted octanol–water partition coefficient (Wildman–Crippen LogP) is 4.57. The topological polar surface area (TPSA) is 96.5 Å². The van der Waals surface area contributed by atoms with Crippen LogP contribution in [0.1, 0.15) is 33.6 Å². The van der Waals surface area contributed by atoms with Gasteiger partial charge < -0.3 is 20.7 Å². The van der Waals surface area contributed by atoms with Crippen molar-refractivity contribution in [3.8, 4) is 5.75 Å². The molecule has 3 aromatic carbocycles. The largest absolute Gasteiger partial charge is 0.497 e. The summed E-state index contributed by atoms with van der Waals surface area (Å²) in [6.07, 6.45) is 2.06. The average molecular weight is 476 g/mol. The number of rotatable bonds is 9. The van der Waals surface area contributed by atoms with Gasteiger partial charge in [-0.3, -0.25) is 14.4 Å². The van der Waals surface area contributed by atoms with E-state index < -0.39 is 0 Å². The minimum atomic E-state index is -0.286. The van der Waals surface area contributed by atoms with E-state index in [-0.39, 0.29) is 23.5 Å². The Hall–Kier alpha value is -3.78. The molecule has 4 rings (SSSR count). The minimum absolute atomic E-state index is 0.102. The molecule has 1 aliphatic rings. The summed E-state index contributed by atoms with van der Waals surface area (Å²) >= 11 is 1.28. The second-order valence-electron chi connectivity index (χ2n) is 7.84. The SMILES string of the molecule is COc1cccc(NC(=O)CSc2ccccc2C(=O)Nc2ccc(C(=O)NC3CC3)cc2)c1. The van der Waals surface area contributed by atoms with Gasteiger partial charge in [0.05, 0.1) is 18.4 Å². The first-order chi connectivity index (χ1) is 16.5. The quantitative estimate of drug-likeness (QED) is 0.394. The van der Waals surface area contributed by atoms with Gasteiger partial charge in [-0.2, -0.15) is 0 Å². The number of anilines is 2. The Morgan fingerprint density at radius 3 is 2.38 bits per heavy atom. The average Bonchev–Trinajstić information content (AvgIpc) is 3.67. The monoisotopic (exact) mass is 475 g/mol.